The highest BCUT2D eigenvalue weighted by Crippen LogP contribution is 2.28. The molecule has 1 heterocycles. The van der Waals surface area contributed by atoms with Crippen molar-refractivity contribution in [3.63, 3.8) is 0 Å². The molecule has 0 N–H and O–H groups in total. The van der Waals surface area contributed by atoms with E-state index in [0.29, 0.717) is 11.8 Å². The molecule has 2 nitrogen and oxygen atoms in total. The van der Waals surface area contributed by atoms with Crippen molar-refractivity contribution in [2.75, 3.05) is 0 Å². The molecule has 88 valence electrons. The number of benzene rings is 1. The van der Waals surface area contributed by atoms with Crippen molar-refractivity contribution in [2.24, 2.45) is 0 Å². The monoisotopic (exact) mass is 311 g/mol. The molecule has 2 rings (SSSR count). The van der Waals surface area contributed by atoms with Crippen LogP contribution in [-0.4, -0.2) is 4.98 Å². The number of hydrogen-bond acceptors (Lipinski definition) is 2. The van der Waals surface area contributed by atoms with Gasteiger partial charge in [0.2, 0.25) is 5.88 Å². The molecule has 0 radical (unpaired) electrons. The Labute approximate surface area is 114 Å². The van der Waals surface area contributed by atoms with E-state index < -0.39 is 0 Å². The molecule has 0 aliphatic carbocycles. The molecule has 0 fully saturated rings. The average molecular weight is 313 g/mol. The highest BCUT2D eigenvalue weighted by Gasteiger charge is 2.08. The Morgan fingerprint density at radius 2 is 2.12 bits per heavy atom. The van der Waals surface area contributed by atoms with Crippen molar-refractivity contribution < 1.29 is 4.74 Å². The first-order valence-corrected chi connectivity index (χ1v) is 6.47. The number of ether oxygens (including phenoxy) is 1. The number of pyridine rings is 1. The molecule has 0 saturated heterocycles. The third-order valence-electron chi connectivity index (χ3n) is 2.34. The van der Waals surface area contributed by atoms with Crippen LogP contribution in [-0.2, 0) is 5.88 Å². The van der Waals surface area contributed by atoms with E-state index in [1.165, 1.54) is 0 Å². The molecular formula is C13H11BrClNO. The van der Waals surface area contributed by atoms with Crippen LogP contribution in [0, 0.1) is 6.92 Å². The fourth-order valence-electron chi connectivity index (χ4n) is 1.43. The zero-order valence-corrected chi connectivity index (χ0v) is 11.6. The van der Waals surface area contributed by atoms with Crippen LogP contribution >= 0.6 is 27.5 Å². The van der Waals surface area contributed by atoms with E-state index in [4.69, 9.17) is 16.3 Å². The van der Waals surface area contributed by atoms with Gasteiger partial charge in [0.15, 0.2) is 0 Å². The van der Waals surface area contributed by atoms with E-state index in [9.17, 15) is 0 Å². The molecule has 1 aromatic heterocycles. The maximum absolute atomic E-state index is 5.87. The lowest BCUT2D eigenvalue weighted by Crippen LogP contribution is -1.94. The number of para-hydroxylation sites is 1. The second-order valence-electron chi connectivity index (χ2n) is 3.62. The molecule has 0 atom stereocenters. The van der Waals surface area contributed by atoms with Gasteiger partial charge >= 0.3 is 0 Å². The van der Waals surface area contributed by atoms with Gasteiger partial charge in [-0.2, -0.15) is 0 Å². The predicted octanol–water partition coefficient (Wildman–Crippen LogP) is 4.68. The Balaban J connectivity index is 2.33. The molecule has 0 aliphatic heterocycles. The van der Waals surface area contributed by atoms with Crippen LogP contribution in [0.3, 0.4) is 0 Å². The summed E-state index contributed by atoms with van der Waals surface area (Å²) in [4.78, 5) is 4.23. The maximum atomic E-state index is 5.87. The minimum absolute atomic E-state index is 0.369. The summed E-state index contributed by atoms with van der Waals surface area (Å²) in [6.45, 7) is 1.99. The molecule has 0 saturated carbocycles. The van der Waals surface area contributed by atoms with Gasteiger partial charge in [-0.25, -0.2) is 4.98 Å². The van der Waals surface area contributed by atoms with Crippen molar-refractivity contribution in [3.05, 3.63) is 52.1 Å². The average Bonchev–Trinajstić information content (AvgIpc) is 2.34. The van der Waals surface area contributed by atoms with Gasteiger partial charge < -0.3 is 4.74 Å². The van der Waals surface area contributed by atoms with E-state index in [1.807, 2.05) is 37.3 Å². The van der Waals surface area contributed by atoms with Gasteiger partial charge in [0, 0.05) is 16.2 Å². The molecule has 0 unspecified atom stereocenters. The third kappa shape index (κ3) is 2.99. The van der Waals surface area contributed by atoms with Gasteiger partial charge in [0.1, 0.15) is 5.75 Å². The lowest BCUT2D eigenvalue weighted by atomic mass is 10.2. The first-order valence-electron chi connectivity index (χ1n) is 5.14. The molecular weight excluding hydrogens is 302 g/mol. The van der Waals surface area contributed by atoms with E-state index in [-0.39, 0.29) is 0 Å². The zero-order valence-electron chi connectivity index (χ0n) is 9.28. The second-order valence-corrected chi connectivity index (χ2v) is 4.80. The minimum atomic E-state index is 0.369. The van der Waals surface area contributed by atoms with Crippen LogP contribution in [0.25, 0.3) is 0 Å². The van der Waals surface area contributed by atoms with Crippen molar-refractivity contribution in [3.8, 4) is 11.6 Å². The number of halogens is 2. The smallest absolute Gasteiger partial charge is 0.223 e. The summed E-state index contributed by atoms with van der Waals surface area (Å²) in [7, 11) is 0. The van der Waals surface area contributed by atoms with Gasteiger partial charge in [-0.05, 0) is 40.5 Å². The Hall–Kier alpha value is -1.06. The Kier molecular flexibility index (Phi) is 4.02. The SMILES string of the molecule is Cc1ccccc1Oc1ncc(Br)cc1CCl. The molecule has 0 aliphatic rings. The maximum Gasteiger partial charge on any atom is 0.223 e. The van der Waals surface area contributed by atoms with E-state index in [1.54, 1.807) is 6.20 Å². The van der Waals surface area contributed by atoms with Crippen LogP contribution in [0.15, 0.2) is 41.0 Å². The highest BCUT2D eigenvalue weighted by atomic mass is 79.9. The summed E-state index contributed by atoms with van der Waals surface area (Å²) in [6, 6.07) is 9.72. The lowest BCUT2D eigenvalue weighted by molar-refractivity contribution is 0.455. The topological polar surface area (TPSA) is 22.1 Å². The van der Waals surface area contributed by atoms with Crippen LogP contribution < -0.4 is 4.74 Å². The van der Waals surface area contributed by atoms with Crippen LogP contribution in [0.4, 0.5) is 0 Å². The minimum Gasteiger partial charge on any atom is -0.438 e. The van der Waals surface area contributed by atoms with Gasteiger partial charge in [0.05, 0.1) is 5.88 Å². The van der Waals surface area contributed by atoms with Gasteiger partial charge in [-0.3, -0.25) is 0 Å². The normalized spacial score (nSPS) is 10.3. The summed E-state index contributed by atoms with van der Waals surface area (Å²) >= 11 is 9.23. The summed E-state index contributed by atoms with van der Waals surface area (Å²) < 4.78 is 6.66. The first-order chi connectivity index (χ1) is 8.20. The Bertz CT molecular complexity index is 531. The largest absolute Gasteiger partial charge is 0.438 e. The molecule has 0 amide bonds. The van der Waals surface area contributed by atoms with Crippen LogP contribution in [0.5, 0.6) is 11.6 Å². The Morgan fingerprint density at radius 3 is 2.82 bits per heavy atom. The standard InChI is InChI=1S/C13H11BrClNO/c1-9-4-2-3-5-12(9)17-13-10(7-15)6-11(14)8-16-13/h2-6,8H,7H2,1H3. The second kappa shape index (κ2) is 5.52. The number of rotatable bonds is 3. The molecule has 4 heteroatoms. The number of alkyl halides is 1. The third-order valence-corrected chi connectivity index (χ3v) is 3.06. The van der Waals surface area contributed by atoms with Crippen LogP contribution in [0.2, 0.25) is 0 Å². The van der Waals surface area contributed by atoms with E-state index in [2.05, 4.69) is 20.9 Å². The van der Waals surface area contributed by atoms with Gasteiger partial charge in [-0.15, -0.1) is 11.6 Å². The fraction of sp³-hybridized carbons (Fsp3) is 0.154. The van der Waals surface area contributed by atoms with Gasteiger partial charge in [0.25, 0.3) is 0 Å². The van der Waals surface area contributed by atoms with Crippen molar-refractivity contribution >= 4 is 27.5 Å². The first kappa shape index (κ1) is 12.4. The molecule has 0 spiro atoms. The molecule has 0 bridgehead atoms. The quantitative estimate of drug-likeness (QED) is 0.767. The summed E-state index contributed by atoms with van der Waals surface area (Å²) in [5.41, 5.74) is 1.93. The fourth-order valence-corrected chi connectivity index (χ4v) is 2.00. The number of aromatic nitrogens is 1. The predicted molar refractivity (Wildman–Crippen MR) is 72.7 cm³/mol. The summed E-state index contributed by atoms with van der Waals surface area (Å²) in [5, 5.41) is 0. The van der Waals surface area contributed by atoms with Crippen LogP contribution in [0.1, 0.15) is 11.1 Å². The van der Waals surface area contributed by atoms with E-state index >= 15 is 0 Å². The van der Waals surface area contributed by atoms with Crippen molar-refractivity contribution in [1.29, 1.82) is 0 Å². The lowest BCUT2D eigenvalue weighted by Gasteiger charge is -2.10. The number of aryl methyl sites for hydroxylation is 1. The molecule has 1 aromatic carbocycles. The van der Waals surface area contributed by atoms with Crippen molar-refractivity contribution in [1.82, 2.24) is 4.98 Å². The summed E-state index contributed by atoms with van der Waals surface area (Å²) in [5.74, 6) is 1.72. The Morgan fingerprint density at radius 1 is 1.35 bits per heavy atom. The van der Waals surface area contributed by atoms with Gasteiger partial charge in [-0.1, -0.05) is 18.2 Å². The number of hydrogen-bond donors (Lipinski definition) is 0. The number of nitrogens with zero attached hydrogens (tertiary/aromatic N) is 1. The molecule has 2 aromatic rings. The van der Waals surface area contributed by atoms with E-state index in [0.717, 1.165) is 21.3 Å². The van der Waals surface area contributed by atoms with Crippen molar-refractivity contribution in [2.45, 2.75) is 12.8 Å². The summed E-state index contributed by atoms with van der Waals surface area (Å²) in [6.07, 6.45) is 1.70. The zero-order chi connectivity index (χ0) is 12.3. The highest BCUT2D eigenvalue weighted by molar-refractivity contribution is 9.10. The molecule has 17 heavy (non-hydrogen) atoms.